The first-order valence-electron chi connectivity index (χ1n) is 8.35. The first kappa shape index (κ1) is 19.4. The number of ether oxygens (including phenoxy) is 1. The Morgan fingerprint density at radius 3 is 2.68 bits per heavy atom. The molecule has 3 rings (SSSR count). The Labute approximate surface area is 164 Å². The van der Waals surface area contributed by atoms with E-state index in [2.05, 4.69) is 10.3 Å². The summed E-state index contributed by atoms with van der Waals surface area (Å²) in [6.45, 7) is 4.88. The smallest absolute Gasteiger partial charge is 0.345 e. The van der Waals surface area contributed by atoms with E-state index < -0.39 is 23.4 Å². The van der Waals surface area contributed by atoms with Crippen LogP contribution < -0.4 is 5.32 Å². The number of rotatable bonds is 5. The van der Waals surface area contributed by atoms with Crippen LogP contribution in [0.4, 0.5) is 10.8 Å². The molecule has 1 amide bonds. The van der Waals surface area contributed by atoms with Gasteiger partial charge in [0.15, 0.2) is 11.7 Å². The fourth-order valence-corrected chi connectivity index (χ4v) is 3.91. The lowest BCUT2D eigenvalue weighted by Gasteiger charge is -2.06. The monoisotopic (exact) mass is 399 g/mol. The molecule has 0 unspecified atom stereocenters. The Kier molecular flexibility index (Phi) is 5.36. The SMILES string of the molecule is Cc1cc(C)c2nc(NC(=O)COC(=O)c3cccc(C)c3[N+](=O)[O-])sc2c1. The van der Waals surface area contributed by atoms with E-state index in [1.807, 2.05) is 26.0 Å². The van der Waals surface area contributed by atoms with Crippen LogP contribution in [0.1, 0.15) is 27.0 Å². The molecule has 1 aromatic heterocycles. The lowest BCUT2D eigenvalue weighted by atomic mass is 10.1. The van der Waals surface area contributed by atoms with Gasteiger partial charge in [-0.2, -0.15) is 0 Å². The van der Waals surface area contributed by atoms with Crippen LogP contribution in [-0.4, -0.2) is 28.4 Å². The Morgan fingerprint density at radius 2 is 1.96 bits per heavy atom. The molecule has 0 radical (unpaired) electrons. The van der Waals surface area contributed by atoms with Crippen molar-refractivity contribution < 1.29 is 19.2 Å². The first-order valence-corrected chi connectivity index (χ1v) is 9.16. The number of carbonyl (C=O) groups excluding carboxylic acids is 2. The lowest BCUT2D eigenvalue weighted by molar-refractivity contribution is -0.385. The van der Waals surface area contributed by atoms with Crippen LogP contribution in [0.5, 0.6) is 0 Å². The molecular weight excluding hydrogens is 382 g/mol. The predicted octanol–water partition coefficient (Wildman–Crippen LogP) is 3.93. The van der Waals surface area contributed by atoms with Gasteiger partial charge in [0.05, 0.1) is 15.1 Å². The van der Waals surface area contributed by atoms with Crippen LogP contribution in [0.3, 0.4) is 0 Å². The molecule has 3 aromatic rings. The van der Waals surface area contributed by atoms with Gasteiger partial charge in [0.25, 0.3) is 11.6 Å². The summed E-state index contributed by atoms with van der Waals surface area (Å²) in [5.41, 5.74) is 2.72. The van der Waals surface area contributed by atoms with Gasteiger partial charge < -0.3 is 4.74 Å². The van der Waals surface area contributed by atoms with Gasteiger partial charge in [0.1, 0.15) is 5.56 Å². The standard InChI is InChI=1S/C19H17N3O5S/c1-10-7-12(3)16-14(8-10)28-19(21-16)20-15(23)9-27-18(24)13-6-4-5-11(2)17(13)22(25)26/h4-8H,9H2,1-3H3,(H,20,21,23). The summed E-state index contributed by atoms with van der Waals surface area (Å²) in [6.07, 6.45) is 0. The number of aromatic nitrogens is 1. The number of fused-ring (bicyclic) bond motifs is 1. The van der Waals surface area contributed by atoms with E-state index in [-0.39, 0.29) is 11.3 Å². The number of para-hydroxylation sites is 1. The maximum absolute atomic E-state index is 12.2. The Morgan fingerprint density at radius 1 is 1.21 bits per heavy atom. The largest absolute Gasteiger partial charge is 0.452 e. The minimum absolute atomic E-state index is 0.191. The fraction of sp³-hybridized carbons (Fsp3) is 0.211. The zero-order valence-electron chi connectivity index (χ0n) is 15.4. The molecule has 0 aliphatic rings. The molecule has 9 heteroatoms. The molecule has 0 spiro atoms. The van der Waals surface area contributed by atoms with Crippen LogP contribution in [0, 0.1) is 30.9 Å². The molecule has 0 aliphatic carbocycles. The Bertz CT molecular complexity index is 1110. The van der Waals surface area contributed by atoms with Crippen molar-refractivity contribution in [3.05, 3.63) is 62.7 Å². The molecular formula is C19H17N3O5S. The molecule has 0 bridgehead atoms. The van der Waals surface area contributed by atoms with Crippen LogP contribution >= 0.6 is 11.3 Å². The van der Waals surface area contributed by atoms with Crippen molar-refractivity contribution in [3.63, 3.8) is 0 Å². The van der Waals surface area contributed by atoms with Gasteiger partial charge in [-0.1, -0.05) is 29.5 Å². The van der Waals surface area contributed by atoms with E-state index in [1.54, 1.807) is 0 Å². The minimum atomic E-state index is -0.929. The average Bonchev–Trinajstić information content (AvgIpc) is 3.01. The Balaban J connectivity index is 1.68. The van der Waals surface area contributed by atoms with E-state index in [4.69, 9.17) is 4.74 Å². The number of carbonyl (C=O) groups is 2. The number of nitro groups is 1. The third-order valence-corrected chi connectivity index (χ3v) is 4.97. The van der Waals surface area contributed by atoms with Gasteiger partial charge in [-0.3, -0.25) is 20.2 Å². The third-order valence-electron chi connectivity index (χ3n) is 4.05. The summed E-state index contributed by atoms with van der Waals surface area (Å²) < 4.78 is 5.89. The van der Waals surface area contributed by atoms with Crippen molar-refractivity contribution in [2.24, 2.45) is 0 Å². The highest BCUT2D eigenvalue weighted by atomic mass is 32.1. The number of nitrogens with one attached hydrogen (secondary N) is 1. The number of nitro benzene ring substituents is 1. The highest BCUT2D eigenvalue weighted by Gasteiger charge is 2.24. The molecule has 28 heavy (non-hydrogen) atoms. The number of nitrogens with zero attached hydrogens (tertiary/aromatic N) is 2. The normalized spacial score (nSPS) is 10.7. The highest BCUT2D eigenvalue weighted by molar-refractivity contribution is 7.22. The van der Waals surface area contributed by atoms with E-state index in [9.17, 15) is 19.7 Å². The fourth-order valence-electron chi connectivity index (χ4n) is 2.85. The van der Waals surface area contributed by atoms with Crippen LogP contribution in [0.2, 0.25) is 0 Å². The number of hydrogen-bond donors (Lipinski definition) is 1. The van der Waals surface area contributed by atoms with Crippen molar-refractivity contribution in [1.82, 2.24) is 4.98 Å². The number of anilines is 1. The summed E-state index contributed by atoms with van der Waals surface area (Å²) in [6, 6.07) is 8.32. The van der Waals surface area contributed by atoms with Crippen LogP contribution in [-0.2, 0) is 9.53 Å². The second-order valence-corrected chi connectivity index (χ2v) is 7.33. The number of esters is 1. The molecule has 0 saturated carbocycles. The van der Waals surface area contributed by atoms with E-state index in [0.717, 1.165) is 21.3 Å². The Hall–Kier alpha value is -3.33. The summed E-state index contributed by atoms with van der Waals surface area (Å²) >= 11 is 1.32. The summed E-state index contributed by atoms with van der Waals surface area (Å²) in [5, 5.41) is 14.2. The number of aryl methyl sites for hydroxylation is 3. The van der Waals surface area contributed by atoms with Crippen molar-refractivity contribution in [2.45, 2.75) is 20.8 Å². The van der Waals surface area contributed by atoms with Gasteiger partial charge >= 0.3 is 5.97 Å². The summed E-state index contributed by atoms with van der Waals surface area (Å²) in [5.74, 6) is -1.50. The van der Waals surface area contributed by atoms with E-state index in [1.165, 1.54) is 36.5 Å². The van der Waals surface area contributed by atoms with E-state index in [0.29, 0.717) is 10.7 Å². The highest BCUT2D eigenvalue weighted by Crippen LogP contribution is 2.29. The quantitative estimate of drug-likeness (QED) is 0.395. The first-order chi connectivity index (χ1) is 13.3. The van der Waals surface area contributed by atoms with Gasteiger partial charge in [-0.05, 0) is 44.0 Å². The number of amides is 1. The van der Waals surface area contributed by atoms with Crippen molar-refractivity contribution in [3.8, 4) is 0 Å². The summed E-state index contributed by atoms with van der Waals surface area (Å²) in [7, 11) is 0. The van der Waals surface area contributed by atoms with Gasteiger partial charge in [-0.15, -0.1) is 0 Å². The molecule has 0 aliphatic heterocycles. The predicted molar refractivity (Wildman–Crippen MR) is 106 cm³/mol. The second-order valence-electron chi connectivity index (χ2n) is 6.30. The maximum Gasteiger partial charge on any atom is 0.345 e. The average molecular weight is 399 g/mol. The second kappa shape index (κ2) is 7.73. The zero-order valence-corrected chi connectivity index (χ0v) is 16.3. The molecule has 1 heterocycles. The van der Waals surface area contributed by atoms with Crippen LogP contribution in [0.25, 0.3) is 10.2 Å². The van der Waals surface area contributed by atoms with E-state index >= 15 is 0 Å². The molecule has 0 fully saturated rings. The van der Waals surface area contributed by atoms with Crippen molar-refractivity contribution in [2.75, 3.05) is 11.9 Å². The zero-order chi connectivity index (χ0) is 20.4. The lowest BCUT2D eigenvalue weighted by Crippen LogP contribution is -2.21. The van der Waals surface area contributed by atoms with Gasteiger partial charge in [-0.25, -0.2) is 9.78 Å². The molecule has 0 atom stereocenters. The maximum atomic E-state index is 12.2. The molecule has 0 saturated heterocycles. The summed E-state index contributed by atoms with van der Waals surface area (Å²) in [4.78, 5) is 39.2. The molecule has 8 nitrogen and oxygen atoms in total. The number of hydrogen-bond acceptors (Lipinski definition) is 7. The number of benzene rings is 2. The van der Waals surface area contributed by atoms with Crippen molar-refractivity contribution >= 4 is 44.2 Å². The van der Waals surface area contributed by atoms with Crippen LogP contribution in [0.15, 0.2) is 30.3 Å². The third kappa shape index (κ3) is 3.99. The van der Waals surface area contributed by atoms with Crippen molar-refractivity contribution in [1.29, 1.82) is 0 Å². The molecule has 2 aromatic carbocycles. The molecule has 1 N–H and O–H groups in total. The topological polar surface area (TPSA) is 111 Å². The van der Waals surface area contributed by atoms with Gasteiger partial charge in [0, 0.05) is 5.56 Å². The number of thiazole rings is 1. The molecule has 144 valence electrons. The minimum Gasteiger partial charge on any atom is -0.452 e. The van der Waals surface area contributed by atoms with Gasteiger partial charge in [0.2, 0.25) is 0 Å².